The summed E-state index contributed by atoms with van der Waals surface area (Å²) in [6.45, 7) is 7.76. The number of rotatable bonds is 5. The van der Waals surface area contributed by atoms with Crippen molar-refractivity contribution in [3.05, 3.63) is 0 Å². The van der Waals surface area contributed by atoms with Gasteiger partial charge < -0.3 is 10.1 Å². The van der Waals surface area contributed by atoms with Crippen molar-refractivity contribution in [2.75, 3.05) is 19.8 Å². The van der Waals surface area contributed by atoms with Gasteiger partial charge in [0.2, 0.25) is 0 Å². The molecule has 0 spiro atoms. The van der Waals surface area contributed by atoms with E-state index in [4.69, 9.17) is 4.74 Å². The zero-order chi connectivity index (χ0) is 12.1. The highest BCUT2D eigenvalue weighted by atomic mass is 16.5. The molecule has 1 heterocycles. The van der Waals surface area contributed by atoms with Crippen molar-refractivity contribution < 1.29 is 4.74 Å². The molecule has 2 fully saturated rings. The Morgan fingerprint density at radius 1 is 1.18 bits per heavy atom. The molecule has 2 nitrogen and oxygen atoms in total. The second-order valence-electron chi connectivity index (χ2n) is 6.50. The van der Waals surface area contributed by atoms with Gasteiger partial charge >= 0.3 is 0 Å². The summed E-state index contributed by atoms with van der Waals surface area (Å²) in [7, 11) is 0. The SMILES string of the molecule is CC(C)NCC1(CC2CCOCC2)CCCC1. The minimum atomic E-state index is 0.617. The van der Waals surface area contributed by atoms with Crippen LogP contribution in [0.25, 0.3) is 0 Å². The van der Waals surface area contributed by atoms with Crippen LogP contribution in [0.4, 0.5) is 0 Å². The Labute approximate surface area is 107 Å². The van der Waals surface area contributed by atoms with Gasteiger partial charge in [0.05, 0.1) is 0 Å². The van der Waals surface area contributed by atoms with Gasteiger partial charge in [0, 0.05) is 25.8 Å². The predicted molar refractivity (Wildman–Crippen MR) is 72.2 cm³/mol. The van der Waals surface area contributed by atoms with E-state index in [-0.39, 0.29) is 0 Å². The van der Waals surface area contributed by atoms with Gasteiger partial charge in [-0.05, 0) is 43.4 Å². The molecule has 0 aromatic carbocycles. The first kappa shape index (κ1) is 13.4. The Kier molecular flexibility index (Phi) is 4.87. The Hall–Kier alpha value is -0.0800. The van der Waals surface area contributed by atoms with E-state index in [9.17, 15) is 0 Å². The normalized spacial score (nSPS) is 25.6. The average molecular weight is 239 g/mol. The second kappa shape index (κ2) is 6.19. The average Bonchev–Trinajstić information content (AvgIpc) is 2.77. The lowest BCUT2D eigenvalue weighted by Crippen LogP contribution is -2.38. The number of hydrogen-bond acceptors (Lipinski definition) is 2. The highest BCUT2D eigenvalue weighted by molar-refractivity contribution is 4.89. The van der Waals surface area contributed by atoms with E-state index in [1.165, 1.54) is 51.5 Å². The standard InChI is InChI=1S/C15H29NO/c1-13(2)16-12-15(7-3-4-8-15)11-14-5-9-17-10-6-14/h13-14,16H,3-12H2,1-2H3. The van der Waals surface area contributed by atoms with E-state index in [1.54, 1.807) is 0 Å². The molecule has 1 aliphatic carbocycles. The highest BCUT2D eigenvalue weighted by Gasteiger charge is 2.36. The number of nitrogens with one attached hydrogen (secondary N) is 1. The summed E-state index contributed by atoms with van der Waals surface area (Å²) in [5.74, 6) is 0.927. The van der Waals surface area contributed by atoms with Crippen molar-refractivity contribution in [3.8, 4) is 0 Å². The molecule has 0 atom stereocenters. The zero-order valence-corrected chi connectivity index (χ0v) is 11.6. The number of ether oxygens (including phenoxy) is 1. The van der Waals surface area contributed by atoms with E-state index in [2.05, 4.69) is 19.2 Å². The van der Waals surface area contributed by atoms with Gasteiger partial charge in [-0.15, -0.1) is 0 Å². The van der Waals surface area contributed by atoms with Crippen molar-refractivity contribution >= 4 is 0 Å². The van der Waals surface area contributed by atoms with Gasteiger partial charge in [-0.3, -0.25) is 0 Å². The third-order valence-electron chi connectivity index (χ3n) is 4.61. The molecule has 0 unspecified atom stereocenters. The quantitative estimate of drug-likeness (QED) is 0.794. The molecule has 0 aromatic heterocycles. The highest BCUT2D eigenvalue weighted by Crippen LogP contribution is 2.44. The molecular formula is C15H29NO. The van der Waals surface area contributed by atoms with Crippen LogP contribution in [0, 0.1) is 11.3 Å². The summed E-state index contributed by atoms with van der Waals surface area (Å²) in [6.07, 6.45) is 9.82. The van der Waals surface area contributed by atoms with Crippen LogP contribution in [0.3, 0.4) is 0 Å². The summed E-state index contributed by atoms with van der Waals surface area (Å²) in [5, 5.41) is 3.69. The van der Waals surface area contributed by atoms with Gasteiger partial charge in [0.1, 0.15) is 0 Å². The fourth-order valence-electron chi connectivity index (χ4n) is 3.56. The second-order valence-corrected chi connectivity index (χ2v) is 6.50. The van der Waals surface area contributed by atoms with Crippen LogP contribution >= 0.6 is 0 Å². The van der Waals surface area contributed by atoms with Crippen LogP contribution in [-0.4, -0.2) is 25.8 Å². The van der Waals surface area contributed by atoms with Gasteiger partial charge in [0.25, 0.3) is 0 Å². The van der Waals surface area contributed by atoms with Gasteiger partial charge in [0.15, 0.2) is 0 Å². The Morgan fingerprint density at radius 2 is 1.82 bits per heavy atom. The summed E-state index contributed by atoms with van der Waals surface area (Å²) in [4.78, 5) is 0. The lowest BCUT2D eigenvalue weighted by Gasteiger charge is -2.35. The van der Waals surface area contributed by atoms with Gasteiger partial charge in [-0.2, -0.15) is 0 Å². The van der Waals surface area contributed by atoms with Crippen LogP contribution < -0.4 is 5.32 Å². The minimum absolute atomic E-state index is 0.617. The maximum Gasteiger partial charge on any atom is 0.0468 e. The van der Waals surface area contributed by atoms with Crippen LogP contribution in [0.2, 0.25) is 0 Å². The first-order valence-corrected chi connectivity index (χ1v) is 7.51. The largest absolute Gasteiger partial charge is 0.381 e. The van der Waals surface area contributed by atoms with Crippen LogP contribution in [-0.2, 0) is 4.74 Å². The van der Waals surface area contributed by atoms with Gasteiger partial charge in [-0.1, -0.05) is 26.7 Å². The van der Waals surface area contributed by atoms with E-state index in [0.717, 1.165) is 19.1 Å². The van der Waals surface area contributed by atoms with Crippen molar-refractivity contribution in [1.82, 2.24) is 5.32 Å². The molecule has 2 aliphatic rings. The smallest absolute Gasteiger partial charge is 0.0468 e. The molecular weight excluding hydrogens is 210 g/mol. The van der Waals surface area contributed by atoms with Gasteiger partial charge in [-0.25, -0.2) is 0 Å². The first-order valence-electron chi connectivity index (χ1n) is 7.51. The summed E-state index contributed by atoms with van der Waals surface area (Å²) in [6, 6.07) is 0.627. The third-order valence-corrected chi connectivity index (χ3v) is 4.61. The minimum Gasteiger partial charge on any atom is -0.381 e. The molecule has 1 aliphatic heterocycles. The molecule has 1 saturated carbocycles. The molecule has 0 aromatic rings. The summed E-state index contributed by atoms with van der Waals surface area (Å²) >= 11 is 0. The number of hydrogen-bond donors (Lipinski definition) is 1. The Balaban J connectivity index is 1.86. The fraction of sp³-hybridized carbons (Fsp3) is 1.00. The first-order chi connectivity index (χ1) is 8.20. The molecule has 0 radical (unpaired) electrons. The Morgan fingerprint density at radius 3 is 2.41 bits per heavy atom. The molecule has 0 amide bonds. The molecule has 0 bridgehead atoms. The fourth-order valence-corrected chi connectivity index (χ4v) is 3.56. The van der Waals surface area contributed by atoms with Crippen LogP contribution in [0.5, 0.6) is 0 Å². The van der Waals surface area contributed by atoms with E-state index in [0.29, 0.717) is 11.5 Å². The molecule has 100 valence electrons. The van der Waals surface area contributed by atoms with E-state index >= 15 is 0 Å². The molecule has 1 N–H and O–H groups in total. The predicted octanol–water partition coefficient (Wildman–Crippen LogP) is 3.36. The molecule has 2 rings (SSSR count). The monoisotopic (exact) mass is 239 g/mol. The lowest BCUT2D eigenvalue weighted by molar-refractivity contribution is 0.0466. The summed E-state index contributed by atoms with van der Waals surface area (Å²) in [5.41, 5.74) is 0.617. The Bertz CT molecular complexity index is 215. The lowest BCUT2D eigenvalue weighted by atomic mass is 9.75. The van der Waals surface area contributed by atoms with E-state index in [1.807, 2.05) is 0 Å². The molecule has 2 heteroatoms. The maximum absolute atomic E-state index is 5.48. The molecule has 17 heavy (non-hydrogen) atoms. The summed E-state index contributed by atoms with van der Waals surface area (Å²) < 4.78 is 5.48. The molecule has 1 saturated heterocycles. The van der Waals surface area contributed by atoms with Crippen molar-refractivity contribution in [1.29, 1.82) is 0 Å². The zero-order valence-electron chi connectivity index (χ0n) is 11.6. The maximum atomic E-state index is 5.48. The van der Waals surface area contributed by atoms with Crippen molar-refractivity contribution in [2.45, 2.75) is 64.8 Å². The van der Waals surface area contributed by atoms with E-state index < -0.39 is 0 Å². The van der Waals surface area contributed by atoms with Crippen molar-refractivity contribution in [2.24, 2.45) is 11.3 Å². The van der Waals surface area contributed by atoms with Crippen molar-refractivity contribution in [3.63, 3.8) is 0 Å². The topological polar surface area (TPSA) is 21.3 Å². The van der Waals surface area contributed by atoms with Crippen LogP contribution in [0.1, 0.15) is 58.8 Å². The van der Waals surface area contributed by atoms with Crippen LogP contribution in [0.15, 0.2) is 0 Å². The third kappa shape index (κ3) is 3.96.